The fourth-order valence-corrected chi connectivity index (χ4v) is 7.55. The van der Waals surface area contributed by atoms with E-state index < -0.39 is 12.6 Å². The van der Waals surface area contributed by atoms with Crippen LogP contribution in [0.3, 0.4) is 0 Å². The summed E-state index contributed by atoms with van der Waals surface area (Å²) in [5.74, 6) is 2.74. The highest BCUT2D eigenvalue weighted by atomic mass is 16.5. The summed E-state index contributed by atoms with van der Waals surface area (Å²) in [7, 11) is 0. The number of aryl methyl sites for hydroxylation is 1. The highest BCUT2D eigenvalue weighted by Gasteiger charge is 2.34. The van der Waals surface area contributed by atoms with Gasteiger partial charge < -0.3 is 14.6 Å². The molecule has 2 aliphatic carbocycles. The van der Waals surface area contributed by atoms with Crippen LogP contribution in [-0.4, -0.2) is 36.9 Å². The van der Waals surface area contributed by atoms with E-state index in [9.17, 15) is 9.59 Å². The molecule has 1 N–H and O–H groups in total. The molecule has 2 saturated carbocycles. The average molecular weight is 609 g/mol. The summed E-state index contributed by atoms with van der Waals surface area (Å²) in [4.78, 5) is 24.1. The van der Waals surface area contributed by atoms with Gasteiger partial charge in [-0.15, -0.1) is 0 Å². The predicted molar refractivity (Wildman–Crippen MR) is 179 cm³/mol. The smallest absolute Gasteiger partial charge is 0.335 e. The Bertz CT molecular complexity index is 1040. The van der Waals surface area contributed by atoms with Crippen molar-refractivity contribution >= 4 is 11.9 Å². The van der Waals surface area contributed by atoms with Crippen molar-refractivity contribution in [1.29, 1.82) is 0 Å². The summed E-state index contributed by atoms with van der Waals surface area (Å²) in [6.07, 6.45) is 18.4. The molecule has 2 unspecified atom stereocenters. The van der Waals surface area contributed by atoms with E-state index in [0.29, 0.717) is 30.4 Å². The van der Waals surface area contributed by atoms with E-state index in [1.807, 2.05) is 0 Å². The standard InChI is InChI=1S/C39H60O5/c1-6-7-8-10-29(4)13-14-31-11-9-12-36(25-31)34-19-15-32(16-20-34)33-17-21-35(22-18-33)37(27-44-38(41)28(2)3)23-24-43-39(42)30(5)26-40/h9,11-12,25,29,32-35,37,40H,2,5-8,10,13-24,26-27H2,1,3-4H3. The molecule has 5 heteroatoms. The number of hydrogen-bond acceptors (Lipinski definition) is 5. The minimum atomic E-state index is -0.566. The molecule has 0 spiro atoms. The van der Waals surface area contributed by atoms with E-state index in [4.69, 9.17) is 14.6 Å². The zero-order valence-electron chi connectivity index (χ0n) is 28.0. The maximum Gasteiger partial charge on any atom is 0.335 e. The number of ether oxygens (including phenoxy) is 2. The first-order valence-electron chi connectivity index (χ1n) is 17.6. The molecule has 0 radical (unpaired) electrons. The number of hydrogen-bond donors (Lipinski definition) is 1. The molecule has 246 valence electrons. The summed E-state index contributed by atoms with van der Waals surface area (Å²) in [6.45, 7) is 13.7. The van der Waals surface area contributed by atoms with Crippen LogP contribution in [0.15, 0.2) is 48.6 Å². The molecule has 3 rings (SSSR count). The third-order valence-electron chi connectivity index (χ3n) is 10.5. The monoisotopic (exact) mass is 608 g/mol. The molecular formula is C39H60O5. The fraction of sp³-hybridized carbons (Fsp3) is 0.692. The second-order valence-corrected chi connectivity index (χ2v) is 14.0. The van der Waals surface area contributed by atoms with Gasteiger partial charge in [0.25, 0.3) is 0 Å². The Labute approximate surface area is 267 Å². The van der Waals surface area contributed by atoms with Gasteiger partial charge in [0, 0.05) is 5.57 Å². The van der Waals surface area contributed by atoms with Crippen molar-refractivity contribution in [2.24, 2.45) is 29.6 Å². The first-order chi connectivity index (χ1) is 21.2. The average Bonchev–Trinajstić information content (AvgIpc) is 3.05. The molecule has 1 aromatic carbocycles. The number of aliphatic hydroxyl groups excluding tert-OH is 1. The van der Waals surface area contributed by atoms with E-state index in [0.717, 1.165) is 30.6 Å². The van der Waals surface area contributed by atoms with Gasteiger partial charge in [0.15, 0.2) is 0 Å². The van der Waals surface area contributed by atoms with Crippen molar-refractivity contribution in [2.45, 2.75) is 123 Å². The second-order valence-electron chi connectivity index (χ2n) is 14.0. The van der Waals surface area contributed by atoms with Gasteiger partial charge in [0.05, 0.1) is 25.4 Å². The zero-order chi connectivity index (χ0) is 31.9. The molecular weight excluding hydrogens is 548 g/mol. The van der Waals surface area contributed by atoms with Gasteiger partial charge in [-0.05, 0) is 124 Å². The SMILES string of the molecule is C=C(C)C(=O)OCC(CCOC(=O)C(=C)CO)C1CCC(C2CCC(c3cccc(CCC(C)CCCCC)c3)CC2)CC1. The first kappa shape index (κ1) is 36.1. The number of carbonyl (C=O) groups excluding carboxylic acids is 2. The van der Waals surface area contributed by atoms with Crippen LogP contribution in [0.1, 0.15) is 128 Å². The van der Waals surface area contributed by atoms with E-state index in [1.165, 1.54) is 82.6 Å². The van der Waals surface area contributed by atoms with Gasteiger partial charge >= 0.3 is 11.9 Å². The van der Waals surface area contributed by atoms with Crippen LogP contribution >= 0.6 is 0 Å². The Kier molecular flexibility index (Phi) is 15.7. The highest BCUT2D eigenvalue weighted by Crippen LogP contribution is 2.45. The van der Waals surface area contributed by atoms with Gasteiger partial charge in [-0.2, -0.15) is 0 Å². The van der Waals surface area contributed by atoms with Crippen LogP contribution < -0.4 is 0 Å². The van der Waals surface area contributed by atoms with Crippen molar-refractivity contribution in [3.63, 3.8) is 0 Å². The number of carbonyl (C=O) groups is 2. The van der Waals surface area contributed by atoms with Crippen LogP contribution in [0, 0.1) is 29.6 Å². The lowest BCUT2D eigenvalue weighted by Crippen LogP contribution is -2.31. The molecule has 2 atom stereocenters. The lowest BCUT2D eigenvalue weighted by Gasteiger charge is -2.40. The van der Waals surface area contributed by atoms with Gasteiger partial charge in [-0.3, -0.25) is 0 Å². The van der Waals surface area contributed by atoms with Crippen LogP contribution in [0.5, 0.6) is 0 Å². The Morgan fingerprint density at radius 3 is 2.23 bits per heavy atom. The van der Waals surface area contributed by atoms with Crippen molar-refractivity contribution < 1.29 is 24.2 Å². The molecule has 44 heavy (non-hydrogen) atoms. The van der Waals surface area contributed by atoms with Crippen molar-refractivity contribution in [3.8, 4) is 0 Å². The molecule has 0 bridgehead atoms. The molecule has 0 aliphatic heterocycles. The second kappa shape index (κ2) is 19.2. The van der Waals surface area contributed by atoms with Crippen molar-refractivity contribution in [1.82, 2.24) is 0 Å². The molecule has 2 aliphatic rings. The Balaban J connectivity index is 1.45. The van der Waals surface area contributed by atoms with Gasteiger partial charge in [0.1, 0.15) is 0 Å². The van der Waals surface area contributed by atoms with Gasteiger partial charge in [0.2, 0.25) is 0 Å². The summed E-state index contributed by atoms with van der Waals surface area (Å²) in [5.41, 5.74) is 3.52. The molecule has 0 saturated heterocycles. The molecule has 1 aromatic rings. The van der Waals surface area contributed by atoms with Gasteiger partial charge in [-0.1, -0.05) is 77.0 Å². The van der Waals surface area contributed by atoms with Gasteiger partial charge in [-0.25, -0.2) is 9.59 Å². The molecule has 2 fully saturated rings. The van der Waals surface area contributed by atoms with Crippen LogP contribution in [0.2, 0.25) is 0 Å². The Morgan fingerprint density at radius 2 is 1.59 bits per heavy atom. The fourth-order valence-electron chi connectivity index (χ4n) is 7.55. The zero-order valence-corrected chi connectivity index (χ0v) is 28.0. The molecule has 0 heterocycles. The van der Waals surface area contributed by atoms with E-state index >= 15 is 0 Å². The number of unbranched alkanes of at least 4 members (excludes halogenated alkanes) is 2. The van der Waals surface area contributed by atoms with Crippen LogP contribution in [0.4, 0.5) is 0 Å². The van der Waals surface area contributed by atoms with Crippen LogP contribution in [-0.2, 0) is 25.5 Å². The maximum absolute atomic E-state index is 12.1. The number of rotatable bonds is 18. The molecule has 0 aromatic heterocycles. The molecule has 5 nitrogen and oxygen atoms in total. The number of esters is 2. The lowest BCUT2D eigenvalue weighted by molar-refractivity contribution is -0.144. The molecule has 0 amide bonds. The Hall–Kier alpha value is -2.40. The topological polar surface area (TPSA) is 72.8 Å². The minimum Gasteiger partial charge on any atom is -0.462 e. The minimum absolute atomic E-state index is 0.0565. The van der Waals surface area contributed by atoms with Crippen LogP contribution in [0.25, 0.3) is 0 Å². The summed E-state index contributed by atoms with van der Waals surface area (Å²) < 4.78 is 10.9. The van der Waals surface area contributed by atoms with Crippen molar-refractivity contribution in [2.75, 3.05) is 19.8 Å². The summed E-state index contributed by atoms with van der Waals surface area (Å²) in [5, 5.41) is 9.13. The quantitative estimate of drug-likeness (QED) is 0.102. The largest absolute Gasteiger partial charge is 0.462 e. The van der Waals surface area contributed by atoms with E-state index in [2.05, 4.69) is 51.3 Å². The number of benzene rings is 1. The Morgan fingerprint density at radius 1 is 0.909 bits per heavy atom. The number of aliphatic hydroxyl groups is 1. The maximum atomic E-state index is 12.1. The summed E-state index contributed by atoms with van der Waals surface area (Å²) in [6, 6.07) is 9.48. The van der Waals surface area contributed by atoms with E-state index in [1.54, 1.807) is 12.5 Å². The van der Waals surface area contributed by atoms with E-state index in [-0.39, 0.29) is 24.1 Å². The summed E-state index contributed by atoms with van der Waals surface area (Å²) >= 11 is 0. The lowest BCUT2D eigenvalue weighted by atomic mass is 9.66. The normalized spacial score (nSPS) is 23.4. The highest BCUT2D eigenvalue weighted by molar-refractivity contribution is 5.88. The third-order valence-corrected chi connectivity index (χ3v) is 10.5. The third kappa shape index (κ3) is 11.8. The van der Waals surface area contributed by atoms with Crippen molar-refractivity contribution in [3.05, 3.63) is 59.7 Å². The first-order valence-corrected chi connectivity index (χ1v) is 17.6. The predicted octanol–water partition coefficient (Wildman–Crippen LogP) is 9.13.